The van der Waals surface area contributed by atoms with Gasteiger partial charge in [0.15, 0.2) is 0 Å². The Bertz CT molecular complexity index is 1140. The average Bonchev–Trinajstić information content (AvgIpc) is 2.87. The van der Waals surface area contributed by atoms with Crippen LogP contribution in [0.5, 0.6) is 0 Å². The number of nitrogens with zero attached hydrogens (tertiary/aromatic N) is 5. The molecule has 3 aromatic rings. The van der Waals surface area contributed by atoms with Crippen molar-refractivity contribution in [2.75, 3.05) is 64.0 Å². The number of fused-ring (bicyclic) bond motifs is 1. The number of para-hydroxylation sites is 1. The van der Waals surface area contributed by atoms with Crippen molar-refractivity contribution in [3.8, 4) is 0 Å². The normalized spacial score (nSPS) is 15.3. The van der Waals surface area contributed by atoms with Crippen molar-refractivity contribution in [1.82, 2.24) is 24.7 Å². The molecular formula is C27H37N7O2. The molecule has 1 aromatic heterocycles. The lowest BCUT2D eigenvalue weighted by Crippen LogP contribution is -2.49. The number of amides is 2. The molecule has 4 rings (SSSR count). The van der Waals surface area contributed by atoms with Crippen molar-refractivity contribution in [2.24, 2.45) is 0 Å². The Balaban J connectivity index is 1.33. The van der Waals surface area contributed by atoms with E-state index in [1.807, 2.05) is 47.4 Å². The summed E-state index contributed by atoms with van der Waals surface area (Å²) in [5, 5.41) is 17.1. The van der Waals surface area contributed by atoms with Gasteiger partial charge in [-0.05, 0) is 63.8 Å². The maximum atomic E-state index is 12.7. The summed E-state index contributed by atoms with van der Waals surface area (Å²) in [5.74, 6) is 1.67. The molecule has 0 aliphatic carbocycles. The molecule has 1 aliphatic heterocycles. The van der Waals surface area contributed by atoms with E-state index in [1.54, 1.807) is 6.92 Å². The van der Waals surface area contributed by atoms with Crippen molar-refractivity contribution in [3.63, 3.8) is 0 Å². The number of carbonyl (C=O) groups excluding carboxylic acids is 1. The summed E-state index contributed by atoms with van der Waals surface area (Å²) in [7, 11) is 4.16. The van der Waals surface area contributed by atoms with Gasteiger partial charge in [0, 0.05) is 43.8 Å². The van der Waals surface area contributed by atoms with Crippen LogP contribution in [0.3, 0.4) is 0 Å². The zero-order valence-corrected chi connectivity index (χ0v) is 21.4. The topological polar surface area (TPSA) is 96.9 Å². The molecule has 192 valence electrons. The second kappa shape index (κ2) is 12.1. The van der Waals surface area contributed by atoms with Gasteiger partial charge in [0.1, 0.15) is 11.6 Å². The summed E-state index contributed by atoms with van der Waals surface area (Å²) in [6.45, 7) is 7.04. The quantitative estimate of drug-likeness (QED) is 0.395. The van der Waals surface area contributed by atoms with E-state index in [9.17, 15) is 9.90 Å². The summed E-state index contributed by atoms with van der Waals surface area (Å²) in [4.78, 5) is 28.7. The zero-order chi connectivity index (χ0) is 25.5. The van der Waals surface area contributed by atoms with E-state index >= 15 is 0 Å². The minimum absolute atomic E-state index is 0.106. The third-order valence-corrected chi connectivity index (χ3v) is 6.39. The van der Waals surface area contributed by atoms with Crippen LogP contribution in [0.15, 0.2) is 48.5 Å². The lowest BCUT2D eigenvalue weighted by molar-refractivity contribution is 0.141. The van der Waals surface area contributed by atoms with E-state index < -0.39 is 6.10 Å². The Hall–Kier alpha value is -3.27. The first-order valence-electron chi connectivity index (χ1n) is 12.6. The van der Waals surface area contributed by atoms with Crippen LogP contribution in [-0.4, -0.2) is 89.2 Å². The summed E-state index contributed by atoms with van der Waals surface area (Å²) in [5.41, 5.74) is 2.49. The first-order chi connectivity index (χ1) is 17.4. The van der Waals surface area contributed by atoms with Gasteiger partial charge >= 0.3 is 6.03 Å². The highest BCUT2D eigenvalue weighted by Gasteiger charge is 2.22. The van der Waals surface area contributed by atoms with Crippen LogP contribution < -0.4 is 10.6 Å². The fourth-order valence-corrected chi connectivity index (χ4v) is 4.29. The lowest BCUT2D eigenvalue weighted by Gasteiger charge is -2.34. The maximum absolute atomic E-state index is 12.7. The molecule has 2 amide bonds. The average molecular weight is 492 g/mol. The molecule has 0 saturated carbocycles. The van der Waals surface area contributed by atoms with Crippen molar-refractivity contribution in [1.29, 1.82) is 0 Å². The Morgan fingerprint density at radius 3 is 2.47 bits per heavy atom. The number of hydrogen-bond acceptors (Lipinski definition) is 7. The smallest absolute Gasteiger partial charge is 0.321 e. The number of anilines is 2. The fraction of sp³-hybridized carbons (Fsp3) is 0.444. The zero-order valence-electron chi connectivity index (χ0n) is 21.4. The number of aromatic nitrogens is 2. The van der Waals surface area contributed by atoms with Crippen LogP contribution in [-0.2, 0) is 6.54 Å². The molecule has 1 saturated heterocycles. The Morgan fingerprint density at radius 2 is 1.78 bits per heavy atom. The Kier molecular flexibility index (Phi) is 8.69. The van der Waals surface area contributed by atoms with Gasteiger partial charge in [-0.25, -0.2) is 14.8 Å². The summed E-state index contributed by atoms with van der Waals surface area (Å²) < 4.78 is 0. The molecule has 1 unspecified atom stereocenters. The van der Waals surface area contributed by atoms with Gasteiger partial charge in [-0.1, -0.05) is 24.3 Å². The number of urea groups is 1. The summed E-state index contributed by atoms with van der Waals surface area (Å²) in [6, 6.07) is 15.3. The monoisotopic (exact) mass is 491 g/mol. The molecule has 3 N–H and O–H groups in total. The number of rotatable bonds is 9. The number of aliphatic hydroxyl groups excluding tert-OH is 1. The van der Waals surface area contributed by atoms with Crippen molar-refractivity contribution >= 4 is 28.4 Å². The van der Waals surface area contributed by atoms with Crippen molar-refractivity contribution in [3.05, 3.63) is 59.9 Å². The van der Waals surface area contributed by atoms with Gasteiger partial charge in [-0.3, -0.25) is 4.90 Å². The van der Waals surface area contributed by atoms with E-state index in [2.05, 4.69) is 40.6 Å². The van der Waals surface area contributed by atoms with Gasteiger partial charge in [0.05, 0.1) is 18.2 Å². The lowest BCUT2D eigenvalue weighted by atomic mass is 10.1. The molecule has 2 heterocycles. The van der Waals surface area contributed by atoms with Crippen LogP contribution in [0, 0.1) is 0 Å². The number of benzene rings is 2. The van der Waals surface area contributed by atoms with Crippen LogP contribution in [0.1, 0.15) is 30.8 Å². The van der Waals surface area contributed by atoms with Gasteiger partial charge in [-0.2, -0.15) is 0 Å². The molecule has 0 radical (unpaired) electrons. The Morgan fingerprint density at radius 1 is 1.06 bits per heavy atom. The summed E-state index contributed by atoms with van der Waals surface area (Å²) >= 11 is 0. The highest BCUT2D eigenvalue weighted by Crippen LogP contribution is 2.21. The van der Waals surface area contributed by atoms with Gasteiger partial charge in [0.2, 0.25) is 0 Å². The highest BCUT2D eigenvalue weighted by atomic mass is 16.3. The minimum Gasteiger partial charge on any atom is -0.389 e. The molecular weight excluding hydrogens is 454 g/mol. The van der Waals surface area contributed by atoms with Gasteiger partial charge in [0.25, 0.3) is 0 Å². The minimum atomic E-state index is -0.524. The third-order valence-electron chi connectivity index (χ3n) is 6.39. The molecule has 2 aromatic carbocycles. The van der Waals surface area contributed by atoms with Gasteiger partial charge < -0.3 is 25.5 Å². The number of hydrogen-bond donors (Lipinski definition) is 3. The molecule has 1 fully saturated rings. The number of piperazine rings is 1. The first kappa shape index (κ1) is 25.8. The predicted molar refractivity (Wildman–Crippen MR) is 144 cm³/mol. The Labute approximate surface area is 213 Å². The molecule has 1 atom stereocenters. The van der Waals surface area contributed by atoms with E-state index in [-0.39, 0.29) is 6.03 Å². The van der Waals surface area contributed by atoms with Crippen LogP contribution in [0.2, 0.25) is 0 Å². The van der Waals surface area contributed by atoms with Crippen molar-refractivity contribution in [2.45, 2.75) is 26.0 Å². The predicted octanol–water partition coefficient (Wildman–Crippen LogP) is 3.40. The van der Waals surface area contributed by atoms with E-state index in [4.69, 9.17) is 9.97 Å². The van der Waals surface area contributed by atoms with Crippen LogP contribution in [0.25, 0.3) is 10.9 Å². The summed E-state index contributed by atoms with van der Waals surface area (Å²) in [6.07, 6.45) is 0.513. The second-order valence-corrected chi connectivity index (χ2v) is 9.58. The number of aliphatic hydroxyl groups is 1. The van der Waals surface area contributed by atoms with E-state index in [0.29, 0.717) is 19.6 Å². The molecule has 0 bridgehead atoms. The number of carbonyl (C=O) groups is 1. The first-order valence-corrected chi connectivity index (χ1v) is 12.6. The molecule has 1 aliphatic rings. The number of nitrogens with one attached hydrogen (secondary N) is 2. The molecule has 0 spiro atoms. The molecule has 9 nitrogen and oxygen atoms in total. The molecule has 9 heteroatoms. The van der Waals surface area contributed by atoms with Gasteiger partial charge in [-0.15, -0.1) is 0 Å². The largest absolute Gasteiger partial charge is 0.389 e. The van der Waals surface area contributed by atoms with Crippen LogP contribution in [0.4, 0.5) is 16.3 Å². The maximum Gasteiger partial charge on any atom is 0.321 e. The van der Waals surface area contributed by atoms with E-state index in [0.717, 1.165) is 66.4 Å². The second-order valence-electron chi connectivity index (χ2n) is 9.58. The van der Waals surface area contributed by atoms with Crippen molar-refractivity contribution < 1.29 is 9.90 Å². The highest BCUT2D eigenvalue weighted by molar-refractivity contribution is 5.90. The third kappa shape index (κ3) is 6.90. The molecule has 36 heavy (non-hydrogen) atoms. The van der Waals surface area contributed by atoms with Crippen LogP contribution >= 0.6 is 0 Å². The standard InChI is InChI=1S/C27H37N7O2/c1-20(35)21-9-11-22(12-10-21)29-27(36)34-17-15-33(16-18-34)19-25-30-24-8-5-4-7-23(24)26(31-25)28-13-6-14-32(2)3/h4-5,7-12,20,35H,6,13-19H2,1-3H3,(H,29,36)(H,28,30,31). The SMILES string of the molecule is CC(O)c1ccc(NC(=O)N2CCN(Cc3nc(NCCCN(C)C)c4ccccc4n3)CC2)cc1. The fourth-order valence-electron chi connectivity index (χ4n) is 4.29. The van der Waals surface area contributed by atoms with E-state index in [1.165, 1.54) is 0 Å².